The molecule has 0 aliphatic rings. The van der Waals surface area contributed by atoms with Gasteiger partial charge in [0, 0.05) is 32.7 Å². The van der Waals surface area contributed by atoms with E-state index in [0.717, 1.165) is 4.31 Å². The van der Waals surface area contributed by atoms with Crippen LogP contribution in [0.4, 0.5) is 5.69 Å². The topological polar surface area (TPSA) is 113 Å². The third-order valence-electron chi connectivity index (χ3n) is 4.66. The molecule has 0 atom stereocenters. The Hall–Kier alpha value is -2.47. The molecule has 2 aromatic rings. The lowest BCUT2D eigenvalue weighted by atomic mass is 10.2. The molecule has 170 valence electrons. The number of nitrogens with one attached hydrogen (secondary N) is 1. The van der Waals surface area contributed by atoms with Crippen molar-refractivity contribution in [1.29, 1.82) is 0 Å². The van der Waals surface area contributed by atoms with Crippen molar-refractivity contribution < 1.29 is 26.4 Å². The van der Waals surface area contributed by atoms with Crippen LogP contribution in [0.25, 0.3) is 0 Å². The summed E-state index contributed by atoms with van der Waals surface area (Å²) in [7, 11) is -3.12. The third-order valence-corrected chi connectivity index (χ3v) is 8.53. The van der Waals surface area contributed by atoms with Crippen LogP contribution in [0.1, 0.15) is 24.2 Å². The van der Waals surface area contributed by atoms with Crippen LogP contribution in [0.3, 0.4) is 0 Å². The van der Waals surface area contributed by atoms with Crippen LogP contribution < -0.4 is 10.1 Å². The van der Waals surface area contributed by atoms with Crippen LogP contribution in [0.15, 0.2) is 52.3 Å². The van der Waals surface area contributed by atoms with Crippen LogP contribution in [0.2, 0.25) is 0 Å². The summed E-state index contributed by atoms with van der Waals surface area (Å²) in [5, 5.41) is 2.63. The number of hydrogen-bond acceptors (Lipinski definition) is 6. The van der Waals surface area contributed by atoms with Crippen molar-refractivity contribution >= 4 is 31.6 Å². The Labute approximate surface area is 183 Å². The van der Waals surface area contributed by atoms with E-state index < -0.39 is 26.0 Å². The van der Waals surface area contributed by atoms with Gasteiger partial charge in [0.2, 0.25) is 20.0 Å². The highest BCUT2D eigenvalue weighted by Crippen LogP contribution is 2.29. The number of amides is 1. The molecular weight excluding hydrogens is 442 g/mol. The SMILES string of the molecule is CCN(CC)S(=O)(=O)c1ccc(C(=O)Nc2cc(S(=O)(=O)N(C)C)ccc2OC)cc1. The minimum absolute atomic E-state index is 0.00531. The van der Waals surface area contributed by atoms with Gasteiger partial charge in [-0.3, -0.25) is 4.79 Å². The van der Waals surface area contributed by atoms with Gasteiger partial charge in [-0.1, -0.05) is 13.8 Å². The van der Waals surface area contributed by atoms with E-state index in [0.29, 0.717) is 13.1 Å². The largest absolute Gasteiger partial charge is 0.495 e. The molecule has 9 nitrogen and oxygen atoms in total. The number of sulfonamides is 2. The van der Waals surface area contributed by atoms with Crippen molar-refractivity contribution in [2.45, 2.75) is 23.6 Å². The number of benzene rings is 2. The van der Waals surface area contributed by atoms with E-state index in [2.05, 4.69) is 5.32 Å². The molecule has 0 aromatic heterocycles. The Kier molecular flexibility index (Phi) is 7.82. The van der Waals surface area contributed by atoms with E-state index in [4.69, 9.17) is 4.74 Å². The molecule has 0 fully saturated rings. The fraction of sp³-hybridized carbons (Fsp3) is 0.350. The zero-order valence-electron chi connectivity index (χ0n) is 18.1. The molecular formula is C20H27N3O6S2. The molecule has 0 aliphatic heterocycles. The Bertz CT molecular complexity index is 1140. The number of carbonyl (C=O) groups is 1. The summed E-state index contributed by atoms with van der Waals surface area (Å²) in [5.41, 5.74) is 0.386. The monoisotopic (exact) mass is 469 g/mol. The maximum atomic E-state index is 12.7. The second-order valence-electron chi connectivity index (χ2n) is 6.72. The quantitative estimate of drug-likeness (QED) is 0.603. The highest BCUT2D eigenvalue weighted by Gasteiger charge is 2.23. The van der Waals surface area contributed by atoms with Gasteiger partial charge < -0.3 is 10.1 Å². The summed E-state index contributed by atoms with van der Waals surface area (Å²) >= 11 is 0. The van der Waals surface area contributed by atoms with Crippen LogP contribution in [-0.4, -0.2) is 65.6 Å². The summed E-state index contributed by atoms with van der Waals surface area (Å²) in [5.74, 6) is -0.253. The van der Waals surface area contributed by atoms with Gasteiger partial charge in [0.05, 0.1) is 22.6 Å². The van der Waals surface area contributed by atoms with Crippen LogP contribution in [-0.2, 0) is 20.0 Å². The highest BCUT2D eigenvalue weighted by atomic mass is 32.2. The minimum Gasteiger partial charge on any atom is -0.495 e. The van der Waals surface area contributed by atoms with Crippen molar-refractivity contribution in [2.75, 3.05) is 39.6 Å². The number of methoxy groups -OCH3 is 1. The van der Waals surface area contributed by atoms with Crippen LogP contribution in [0, 0.1) is 0 Å². The molecule has 0 unspecified atom stereocenters. The Balaban J connectivity index is 2.33. The Morgan fingerprint density at radius 3 is 1.94 bits per heavy atom. The molecule has 2 rings (SSSR count). The van der Waals surface area contributed by atoms with E-state index in [9.17, 15) is 21.6 Å². The van der Waals surface area contributed by atoms with Gasteiger partial charge in [0.1, 0.15) is 5.75 Å². The van der Waals surface area contributed by atoms with Crippen molar-refractivity contribution in [3.05, 3.63) is 48.0 Å². The van der Waals surface area contributed by atoms with Gasteiger partial charge in [-0.15, -0.1) is 0 Å². The predicted octanol–water partition coefficient (Wildman–Crippen LogP) is 2.23. The molecule has 11 heteroatoms. The average Bonchev–Trinajstić information content (AvgIpc) is 2.74. The van der Waals surface area contributed by atoms with Gasteiger partial charge in [-0.2, -0.15) is 4.31 Å². The van der Waals surface area contributed by atoms with Crippen molar-refractivity contribution in [3.63, 3.8) is 0 Å². The maximum Gasteiger partial charge on any atom is 0.255 e. The first-order valence-corrected chi connectivity index (χ1v) is 12.4. The van der Waals surface area contributed by atoms with Crippen LogP contribution >= 0.6 is 0 Å². The van der Waals surface area contributed by atoms with Gasteiger partial charge in [0.25, 0.3) is 5.91 Å². The molecule has 1 amide bonds. The van der Waals surface area contributed by atoms with Gasteiger partial charge >= 0.3 is 0 Å². The number of nitrogens with zero attached hydrogens (tertiary/aromatic N) is 2. The fourth-order valence-corrected chi connectivity index (χ4v) is 5.23. The first-order valence-electron chi connectivity index (χ1n) is 9.51. The lowest BCUT2D eigenvalue weighted by Gasteiger charge is -2.18. The van der Waals surface area contributed by atoms with E-state index in [1.54, 1.807) is 13.8 Å². The lowest BCUT2D eigenvalue weighted by Crippen LogP contribution is -2.30. The molecule has 0 saturated heterocycles. The first-order chi connectivity index (χ1) is 14.5. The molecule has 0 bridgehead atoms. The van der Waals surface area contributed by atoms with Crippen molar-refractivity contribution in [1.82, 2.24) is 8.61 Å². The van der Waals surface area contributed by atoms with Crippen molar-refractivity contribution in [3.8, 4) is 5.75 Å². The normalized spacial score (nSPS) is 12.2. The molecule has 31 heavy (non-hydrogen) atoms. The fourth-order valence-electron chi connectivity index (χ4n) is 2.84. The average molecular weight is 470 g/mol. The van der Waals surface area contributed by atoms with Crippen LogP contribution in [0.5, 0.6) is 5.75 Å². The maximum absolute atomic E-state index is 12.7. The highest BCUT2D eigenvalue weighted by molar-refractivity contribution is 7.89. The van der Waals surface area contributed by atoms with Gasteiger partial charge in [0.15, 0.2) is 0 Å². The number of ether oxygens (including phenoxy) is 1. The summed E-state index contributed by atoms with van der Waals surface area (Å²) < 4.78 is 57.5. The number of hydrogen-bond donors (Lipinski definition) is 1. The molecule has 0 spiro atoms. The summed E-state index contributed by atoms with van der Waals surface area (Å²) in [4.78, 5) is 12.8. The molecule has 0 radical (unpaired) electrons. The Morgan fingerprint density at radius 2 is 1.45 bits per heavy atom. The smallest absolute Gasteiger partial charge is 0.255 e. The molecule has 0 saturated carbocycles. The summed E-state index contributed by atoms with van der Waals surface area (Å²) in [6.07, 6.45) is 0. The second kappa shape index (κ2) is 9.77. The lowest BCUT2D eigenvalue weighted by molar-refractivity contribution is 0.102. The molecule has 0 heterocycles. The number of anilines is 1. The van der Waals surface area contributed by atoms with E-state index in [1.165, 1.54) is 68.0 Å². The minimum atomic E-state index is -3.70. The summed E-state index contributed by atoms with van der Waals surface area (Å²) in [6.45, 7) is 4.18. The van der Waals surface area contributed by atoms with Gasteiger partial charge in [-0.05, 0) is 42.5 Å². The first kappa shape index (κ1) is 24.8. The molecule has 0 aliphatic carbocycles. The van der Waals surface area contributed by atoms with E-state index >= 15 is 0 Å². The third kappa shape index (κ3) is 5.24. The Morgan fingerprint density at radius 1 is 0.903 bits per heavy atom. The zero-order chi connectivity index (χ0) is 23.4. The summed E-state index contributed by atoms with van der Waals surface area (Å²) in [6, 6.07) is 9.68. The van der Waals surface area contributed by atoms with E-state index in [-0.39, 0.29) is 26.8 Å². The predicted molar refractivity (Wildman–Crippen MR) is 118 cm³/mol. The number of rotatable bonds is 9. The van der Waals surface area contributed by atoms with E-state index in [1.807, 2.05) is 0 Å². The van der Waals surface area contributed by atoms with Crippen molar-refractivity contribution in [2.24, 2.45) is 0 Å². The number of carbonyl (C=O) groups excluding carboxylic acids is 1. The molecule has 2 aromatic carbocycles. The molecule has 1 N–H and O–H groups in total. The zero-order valence-corrected chi connectivity index (χ0v) is 19.7. The van der Waals surface area contributed by atoms with Gasteiger partial charge in [-0.25, -0.2) is 21.1 Å². The second-order valence-corrected chi connectivity index (χ2v) is 10.8. The standard InChI is InChI=1S/C20H27N3O6S2/c1-6-23(7-2)31(27,28)16-10-8-15(9-11-16)20(24)21-18-14-17(12-13-19(18)29-5)30(25,26)22(3)4/h8-14H,6-7H2,1-5H3,(H,21,24).